The molecule has 5 N–H and O–H groups in total. The van der Waals surface area contributed by atoms with Crippen molar-refractivity contribution in [3.05, 3.63) is 66.0 Å². The summed E-state index contributed by atoms with van der Waals surface area (Å²) in [6.07, 6.45) is 4.14. The van der Waals surface area contributed by atoms with Crippen LogP contribution in [0.15, 0.2) is 54.9 Å². The minimum Gasteiger partial charge on any atom is -0.368 e. The first kappa shape index (κ1) is 35.6. The Bertz CT molecular complexity index is 1290. The Labute approximate surface area is 258 Å². The highest BCUT2D eigenvalue weighted by Crippen LogP contribution is 2.13. The molecule has 0 bridgehead atoms. The summed E-state index contributed by atoms with van der Waals surface area (Å²) in [5.74, 6) is -4.68. The number of amides is 5. The molecule has 0 aliphatic carbocycles. The van der Waals surface area contributed by atoms with Crippen molar-refractivity contribution < 1.29 is 28.8 Å². The molecule has 44 heavy (non-hydrogen) atoms. The Morgan fingerprint density at radius 2 is 1.59 bits per heavy atom. The molecule has 4 atom stereocenters. The molecule has 2 rings (SSSR count). The van der Waals surface area contributed by atoms with Crippen LogP contribution in [0.1, 0.15) is 51.7 Å². The molecule has 0 aliphatic rings. The summed E-state index contributed by atoms with van der Waals surface area (Å²) < 4.78 is 0. The van der Waals surface area contributed by atoms with Crippen LogP contribution in [0.4, 0.5) is 0 Å². The minimum absolute atomic E-state index is 0.0241. The van der Waals surface area contributed by atoms with Crippen LogP contribution in [0, 0.1) is 11.8 Å². The van der Waals surface area contributed by atoms with Crippen molar-refractivity contribution in [2.24, 2.45) is 17.6 Å². The van der Waals surface area contributed by atoms with Crippen LogP contribution in [-0.4, -0.2) is 76.9 Å². The molecule has 5 amide bonds. The third-order valence-corrected chi connectivity index (χ3v) is 7.32. The molecule has 238 valence electrons. The lowest BCUT2D eigenvalue weighted by atomic mass is 9.93. The predicted molar refractivity (Wildman–Crippen MR) is 165 cm³/mol. The van der Waals surface area contributed by atoms with Gasteiger partial charge in [0.05, 0.1) is 19.0 Å². The van der Waals surface area contributed by atoms with E-state index in [1.54, 1.807) is 55.7 Å². The Kier molecular flexibility index (Phi) is 14.1. The fraction of sp³-hybridized carbons (Fsp3) is 0.469. The Balaban J connectivity index is 2.07. The minimum atomic E-state index is -1.19. The Morgan fingerprint density at radius 3 is 2.16 bits per heavy atom. The predicted octanol–water partition coefficient (Wildman–Crippen LogP) is 0.926. The van der Waals surface area contributed by atoms with Crippen LogP contribution in [0.25, 0.3) is 0 Å². The van der Waals surface area contributed by atoms with E-state index in [4.69, 9.17) is 5.73 Å². The van der Waals surface area contributed by atoms with Crippen molar-refractivity contribution in [3.8, 4) is 0 Å². The monoisotopic (exact) mass is 608 g/mol. The van der Waals surface area contributed by atoms with Crippen molar-refractivity contribution >= 4 is 35.3 Å². The van der Waals surface area contributed by atoms with Gasteiger partial charge in [-0.1, -0.05) is 70.5 Å². The van der Waals surface area contributed by atoms with Gasteiger partial charge in [0.25, 0.3) is 5.91 Å². The zero-order valence-electron chi connectivity index (χ0n) is 26.0. The number of carbonyl (C=O) groups is 6. The lowest BCUT2D eigenvalue weighted by molar-refractivity contribution is -0.143. The van der Waals surface area contributed by atoms with Gasteiger partial charge in [-0.15, -0.1) is 0 Å². The van der Waals surface area contributed by atoms with E-state index in [1.165, 1.54) is 7.05 Å². The summed E-state index contributed by atoms with van der Waals surface area (Å²) in [6, 6.07) is 9.39. The molecule has 1 aromatic carbocycles. The molecular formula is C32H44N6O6. The maximum atomic E-state index is 13.3. The number of hydrogen-bond donors (Lipinski definition) is 4. The number of rotatable bonds is 17. The maximum absolute atomic E-state index is 13.3. The topological polar surface area (TPSA) is 181 Å². The van der Waals surface area contributed by atoms with E-state index in [0.29, 0.717) is 18.4 Å². The Morgan fingerprint density at radius 1 is 0.932 bits per heavy atom. The van der Waals surface area contributed by atoms with Crippen LogP contribution in [0.2, 0.25) is 0 Å². The van der Waals surface area contributed by atoms with Gasteiger partial charge in [0.15, 0.2) is 0 Å². The van der Waals surface area contributed by atoms with Crippen molar-refractivity contribution in [1.29, 1.82) is 0 Å². The van der Waals surface area contributed by atoms with Crippen LogP contribution < -0.4 is 21.7 Å². The summed E-state index contributed by atoms with van der Waals surface area (Å²) in [6.45, 7) is 6.77. The fourth-order valence-electron chi connectivity index (χ4n) is 4.54. The second-order valence-corrected chi connectivity index (χ2v) is 11.3. The third-order valence-electron chi connectivity index (χ3n) is 7.32. The highest BCUT2D eigenvalue weighted by Gasteiger charge is 2.34. The molecule has 0 saturated heterocycles. The van der Waals surface area contributed by atoms with Gasteiger partial charge in [-0.25, -0.2) is 0 Å². The Hall–Kier alpha value is -4.61. The van der Waals surface area contributed by atoms with E-state index in [1.807, 2.05) is 26.8 Å². The van der Waals surface area contributed by atoms with Gasteiger partial charge in [0, 0.05) is 25.9 Å². The van der Waals surface area contributed by atoms with Gasteiger partial charge >= 0.3 is 0 Å². The molecule has 2 aromatic rings. The number of nitrogens with one attached hydrogen (secondary N) is 3. The normalized spacial score (nSPS) is 13.6. The zero-order valence-corrected chi connectivity index (χ0v) is 26.0. The molecule has 0 radical (unpaired) electrons. The smallest absolute Gasteiger partial charge is 0.290 e. The van der Waals surface area contributed by atoms with E-state index in [0.717, 1.165) is 10.5 Å². The highest BCUT2D eigenvalue weighted by molar-refractivity contribution is 6.38. The van der Waals surface area contributed by atoms with Crippen molar-refractivity contribution in [1.82, 2.24) is 25.8 Å². The van der Waals surface area contributed by atoms with Crippen LogP contribution in [-0.2, 0) is 41.6 Å². The molecule has 12 heteroatoms. The average molecular weight is 609 g/mol. The number of likely N-dealkylation sites (N-methyl/N-ethyl adjacent to an activating group) is 1. The molecule has 0 aliphatic heterocycles. The van der Waals surface area contributed by atoms with Gasteiger partial charge in [-0.2, -0.15) is 0 Å². The SMILES string of the molecule is CC[C@H](C)C(NC(=O)[C@H](CC(C)C)NC(=O)Cc1cccnc1)C(=O)C(=O)NCC(=O)N(C)[C@@H](Cc1ccccc1)C(N)=O. The fourth-order valence-corrected chi connectivity index (χ4v) is 4.54. The first-order valence-electron chi connectivity index (χ1n) is 14.7. The van der Waals surface area contributed by atoms with Crippen molar-refractivity contribution in [2.45, 2.75) is 71.5 Å². The van der Waals surface area contributed by atoms with Crippen LogP contribution in [0.5, 0.6) is 0 Å². The lowest BCUT2D eigenvalue weighted by Gasteiger charge is -2.27. The van der Waals surface area contributed by atoms with Crippen LogP contribution in [0.3, 0.4) is 0 Å². The van der Waals surface area contributed by atoms with Gasteiger partial charge in [-0.3, -0.25) is 33.8 Å². The number of nitrogens with zero attached hydrogens (tertiary/aromatic N) is 2. The van der Waals surface area contributed by atoms with Gasteiger partial charge in [0.1, 0.15) is 12.1 Å². The van der Waals surface area contributed by atoms with Gasteiger partial charge < -0.3 is 26.6 Å². The molecule has 0 fully saturated rings. The number of carbonyl (C=O) groups excluding carboxylic acids is 6. The number of aromatic nitrogens is 1. The summed E-state index contributed by atoms with van der Waals surface area (Å²) >= 11 is 0. The summed E-state index contributed by atoms with van der Waals surface area (Å²) in [5, 5.41) is 7.71. The van der Waals surface area contributed by atoms with E-state index in [-0.39, 0.29) is 24.7 Å². The molecule has 1 heterocycles. The van der Waals surface area contributed by atoms with E-state index < -0.39 is 60.0 Å². The number of primary amides is 1. The molecule has 0 spiro atoms. The van der Waals surface area contributed by atoms with Gasteiger partial charge in [-0.05, 0) is 35.4 Å². The molecule has 1 unspecified atom stereocenters. The molecule has 12 nitrogen and oxygen atoms in total. The van der Waals surface area contributed by atoms with E-state index in [9.17, 15) is 28.8 Å². The molecule has 1 aromatic heterocycles. The standard InChI is InChI=1S/C32H44N6O6/c1-6-21(4)28(37-31(43)24(15-20(2)3)36-26(39)17-23-13-10-14-34-18-23)29(41)32(44)35-19-27(40)38(5)25(30(33)42)16-22-11-8-7-9-12-22/h7-14,18,20-21,24-25,28H,6,15-17,19H2,1-5H3,(H2,33,42)(H,35,44)(H,36,39)(H,37,43)/t21-,24-,25-,28?/m0/s1. The second-order valence-electron chi connectivity index (χ2n) is 11.3. The summed E-state index contributed by atoms with van der Waals surface area (Å²) in [4.78, 5) is 82.2. The lowest BCUT2D eigenvalue weighted by Crippen LogP contribution is -2.57. The molecule has 0 saturated carbocycles. The largest absolute Gasteiger partial charge is 0.368 e. The van der Waals surface area contributed by atoms with Gasteiger partial charge in [0.2, 0.25) is 29.4 Å². The number of ketones is 1. The highest BCUT2D eigenvalue weighted by atomic mass is 16.2. The third kappa shape index (κ3) is 11.2. The number of Topliss-reactive ketones (excluding diaryl/α,β-unsaturated/α-hetero) is 1. The van der Waals surface area contributed by atoms with Crippen molar-refractivity contribution in [3.63, 3.8) is 0 Å². The quantitative estimate of drug-likeness (QED) is 0.193. The first-order valence-corrected chi connectivity index (χ1v) is 14.7. The van der Waals surface area contributed by atoms with Crippen LogP contribution >= 0.6 is 0 Å². The summed E-state index contributed by atoms with van der Waals surface area (Å²) in [5.41, 5.74) is 7.02. The zero-order chi connectivity index (χ0) is 32.8. The second kappa shape index (κ2) is 17.5. The average Bonchev–Trinajstić information content (AvgIpc) is 3.00. The molecular weight excluding hydrogens is 564 g/mol. The first-order chi connectivity index (χ1) is 20.8. The number of pyridine rings is 1. The maximum Gasteiger partial charge on any atom is 0.290 e. The summed E-state index contributed by atoms with van der Waals surface area (Å²) in [7, 11) is 1.40. The number of benzene rings is 1. The number of hydrogen-bond acceptors (Lipinski definition) is 7. The van der Waals surface area contributed by atoms with Crippen molar-refractivity contribution in [2.75, 3.05) is 13.6 Å². The van der Waals surface area contributed by atoms with E-state index >= 15 is 0 Å². The number of nitrogens with two attached hydrogens (primary N) is 1. The van der Waals surface area contributed by atoms with E-state index in [2.05, 4.69) is 20.9 Å².